The third kappa shape index (κ3) is 1.87. The molecule has 0 aliphatic carbocycles. The highest BCUT2D eigenvalue weighted by molar-refractivity contribution is 7.07. The summed E-state index contributed by atoms with van der Waals surface area (Å²) >= 11 is 7.49. The highest BCUT2D eigenvalue weighted by Gasteiger charge is 2.09. The molecule has 1 aromatic carbocycles. The first-order valence-electron chi connectivity index (χ1n) is 5.02. The normalized spacial score (nSPS) is 11.1. The Morgan fingerprint density at radius 1 is 1.41 bits per heavy atom. The fourth-order valence-corrected chi connectivity index (χ4v) is 2.48. The summed E-state index contributed by atoms with van der Waals surface area (Å²) in [5.74, 6) is 0.482. The van der Waals surface area contributed by atoms with Gasteiger partial charge in [-0.25, -0.2) is 9.97 Å². The Morgan fingerprint density at radius 2 is 2.29 bits per heavy atom. The average Bonchev–Trinajstić information content (AvgIpc) is 2.88. The second-order valence-corrected chi connectivity index (χ2v) is 4.82. The van der Waals surface area contributed by atoms with Gasteiger partial charge in [0.15, 0.2) is 0 Å². The highest BCUT2D eigenvalue weighted by Crippen LogP contribution is 2.22. The number of hydrogen-bond acceptors (Lipinski definition) is 4. The largest absolute Gasteiger partial charge is 0.369 e. The van der Waals surface area contributed by atoms with E-state index >= 15 is 0 Å². The minimum Gasteiger partial charge on any atom is -0.369 e. The number of hydrogen-bond donors (Lipinski definition) is 1. The molecule has 0 saturated carbocycles. The van der Waals surface area contributed by atoms with E-state index in [1.807, 2.05) is 33.7 Å². The first-order chi connectivity index (χ1) is 8.24. The predicted octanol–water partition coefficient (Wildman–Crippen LogP) is 2.78. The number of imidazole rings is 1. The van der Waals surface area contributed by atoms with Gasteiger partial charge < -0.3 is 10.3 Å². The van der Waals surface area contributed by atoms with Crippen LogP contribution in [0.5, 0.6) is 0 Å². The zero-order valence-electron chi connectivity index (χ0n) is 8.80. The van der Waals surface area contributed by atoms with E-state index in [0.29, 0.717) is 17.5 Å². The molecule has 6 heteroatoms. The first kappa shape index (κ1) is 10.6. The molecular weight excluding hydrogens is 256 g/mol. The topological polar surface area (TPSA) is 56.7 Å². The van der Waals surface area contributed by atoms with Gasteiger partial charge in [-0.05, 0) is 18.2 Å². The van der Waals surface area contributed by atoms with Gasteiger partial charge >= 0.3 is 0 Å². The van der Waals surface area contributed by atoms with Gasteiger partial charge in [0.1, 0.15) is 0 Å². The number of thiazole rings is 1. The second-order valence-electron chi connectivity index (χ2n) is 3.67. The molecule has 0 atom stereocenters. The zero-order chi connectivity index (χ0) is 11.8. The van der Waals surface area contributed by atoms with Gasteiger partial charge in [0.2, 0.25) is 5.95 Å². The van der Waals surface area contributed by atoms with Crippen LogP contribution in [-0.2, 0) is 6.54 Å². The van der Waals surface area contributed by atoms with Crippen molar-refractivity contribution in [1.82, 2.24) is 14.5 Å². The van der Waals surface area contributed by atoms with Crippen molar-refractivity contribution >= 4 is 39.9 Å². The van der Waals surface area contributed by atoms with Gasteiger partial charge in [0.25, 0.3) is 0 Å². The molecule has 2 heterocycles. The summed E-state index contributed by atoms with van der Waals surface area (Å²) in [5.41, 5.74) is 10.5. The fourth-order valence-electron chi connectivity index (χ4n) is 1.77. The molecule has 0 unspecified atom stereocenters. The summed E-state index contributed by atoms with van der Waals surface area (Å²) in [7, 11) is 0. The van der Waals surface area contributed by atoms with Crippen LogP contribution in [0.1, 0.15) is 5.69 Å². The van der Waals surface area contributed by atoms with E-state index in [4.69, 9.17) is 17.3 Å². The number of halogens is 1. The van der Waals surface area contributed by atoms with Crippen LogP contribution in [0.3, 0.4) is 0 Å². The van der Waals surface area contributed by atoms with Crippen molar-refractivity contribution in [3.63, 3.8) is 0 Å². The van der Waals surface area contributed by atoms with E-state index < -0.39 is 0 Å². The SMILES string of the molecule is Nc1nc2cc(Cl)ccc2n1Cc1cscn1. The summed E-state index contributed by atoms with van der Waals surface area (Å²) in [6.07, 6.45) is 0. The van der Waals surface area contributed by atoms with Gasteiger partial charge in [-0.3, -0.25) is 0 Å². The van der Waals surface area contributed by atoms with Crippen LogP contribution < -0.4 is 5.73 Å². The number of fused-ring (bicyclic) bond motifs is 1. The fraction of sp³-hybridized carbons (Fsp3) is 0.0909. The molecular formula is C11H9ClN4S. The maximum Gasteiger partial charge on any atom is 0.201 e. The summed E-state index contributed by atoms with van der Waals surface area (Å²) in [6, 6.07) is 5.57. The maximum atomic E-state index is 5.92. The van der Waals surface area contributed by atoms with Crippen LogP contribution in [0.4, 0.5) is 5.95 Å². The number of nitrogens with zero attached hydrogens (tertiary/aromatic N) is 3. The lowest BCUT2D eigenvalue weighted by Crippen LogP contribution is -2.04. The standard InChI is InChI=1S/C11H9ClN4S/c12-7-1-2-10-9(3-7)15-11(13)16(10)4-8-5-17-6-14-8/h1-3,5-6H,4H2,(H2,13,15). The van der Waals surface area contributed by atoms with E-state index in [9.17, 15) is 0 Å². The Labute approximate surface area is 107 Å². The molecule has 3 aromatic rings. The molecule has 0 fully saturated rings. The van der Waals surface area contributed by atoms with Crippen molar-refractivity contribution in [2.24, 2.45) is 0 Å². The lowest BCUT2D eigenvalue weighted by Gasteiger charge is -2.03. The quantitative estimate of drug-likeness (QED) is 0.774. The van der Waals surface area contributed by atoms with Crippen molar-refractivity contribution in [2.45, 2.75) is 6.54 Å². The van der Waals surface area contributed by atoms with Gasteiger partial charge in [-0.2, -0.15) is 0 Å². The Bertz CT molecular complexity index is 659. The van der Waals surface area contributed by atoms with Gasteiger partial charge in [-0.1, -0.05) is 11.6 Å². The average molecular weight is 265 g/mol. The molecule has 0 aliphatic rings. The summed E-state index contributed by atoms with van der Waals surface area (Å²) in [6.45, 7) is 0.632. The maximum absolute atomic E-state index is 5.92. The van der Waals surface area contributed by atoms with Crippen LogP contribution in [-0.4, -0.2) is 14.5 Å². The van der Waals surface area contributed by atoms with Crippen molar-refractivity contribution in [2.75, 3.05) is 5.73 Å². The van der Waals surface area contributed by atoms with Gasteiger partial charge in [0.05, 0.1) is 28.8 Å². The van der Waals surface area contributed by atoms with E-state index in [1.54, 1.807) is 11.3 Å². The summed E-state index contributed by atoms with van der Waals surface area (Å²) in [4.78, 5) is 8.53. The van der Waals surface area contributed by atoms with Crippen molar-refractivity contribution in [3.8, 4) is 0 Å². The Morgan fingerprint density at radius 3 is 3.06 bits per heavy atom. The third-order valence-corrected chi connectivity index (χ3v) is 3.41. The number of benzene rings is 1. The van der Waals surface area contributed by atoms with Crippen LogP contribution in [0.15, 0.2) is 29.1 Å². The first-order valence-corrected chi connectivity index (χ1v) is 6.34. The van der Waals surface area contributed by atoms with Crippen LogP contribution in [0, 0.1) is 0 Å². The Kier molecular flexibility index (Phi) is 2.49. The number of aromatic nitrogens is 3. The smallest absolute Gasteiger partial charge is 0.201 e. The monoisotopic (exact) mass is 264 g/mol. The molecule has 2 N–H and O–H groups in total. The van der Waals surface area contributed by atoms with Crippen LogP contribution >= 0.6 is 22.9 Å². The lowest BCUT2D eigenvalue weighted by atomic mass is 10.3. The van der Waals surface area contributed by atoms with Crippen molar-refractivity contribution in [3.05, 3.63) is 39.8 Å². The van der Waals surface area contributed by atoms with E-state index in [0.717, 1.165) is 16.7 Å². The minimum absolute atomic E-state index is 0.482. The molecule has 4 nitrogen and oxygen atoms in total. The minimum atomic E-state index is 0.482. The molecule has 0 amide bonds. The summed E-state index contributed by atoms with van der Waals surface area (Å²) < 4.78 is 1.93. The second kappa shape index (κ2) is 4.01. The van der Waals surface area contributed by atoms with Crippen molar-refractivity contribution < 1.29 is 0 Å². The van der Waals surface area contributed by atoms with Crippen molar-refractivity contribution in [1.29, 1.82) is 0 Å². The molecule has 0 bridgehead atoms. The Hall–Kier alpha value is -1.59. The number of anilines is 1. The van der Waals surface area contributed by atoms with E-state index in [2.05, 4.69) is 9.97 Å². The Balaban J connectivity index is 2.12. The molecule has 0 aliphatic heterocycles. The van der Waals surface area contributed by atoms with Crippen LogP contribution in [0.2, 0.25) is 5.02 Å². The predicted molar refractivity (Wildman–Crippen MR) is 70.4 cm³/mol. The molecule has 0 radical (unpaired) electrons. The van der Waals surface area contributed by atoms with Gasteiger partial charge in [0, 0.05) is 10.4 Å². The summed E-state index contributed by atoms with van der Waals surface area (Å²) in [5, 5.41) is 2.66. The number of nitrogen functional groups attached to an aromatic ring is 1. The third-order valence-electron chi connectivity index (χ3n) is 2.54. The molecule has 17 heavy (non-hydrogen) atoms. The zero-order valence-corrected chi connectivity index (χ0v) is 10.4. The van der Waals surface area contributed by atoms with Crippen LogP contribution in [0.25, 0.3) is 11.0 Å². The lowest BCUT2D eigenvalue weighted by molar-refractivity contribution is 0.816. The molecule has 3 rings (SSSR count). The number of nitrogens with two attached hydrogens (primary N) is 1. The van der Waals surface area contributed by atoms with Gasteiger partial charge in [-0.15, -0.1) is 11.3 Å². The highest BCUT2D eigenvalue weighted by atomic mass is 35.5. The molecule has 2 aromatic heterocycles. The molecule has 0 saturated heterocycles. The molecule has 86 valence electrons. The van der Waals surface area contributed by atoms with E-state index in [-0.39, 0.29) is 0 Å². The van der Waals surface area contributed by atoms with E-state index in [1.165, 1.54) is 0 Å². The molecule has 0 spiro atoms. The number of rotatable bonds is 2.